The molecule has 222 valence electrons. The molecule has 0 unspecified atom stereocenters. The molecule has 40 heavy (non-hydrogen) atoms. The lowest BCUT2D eigenvalue weighted by Crippen LogP contribution is -2.55. The summed E-state index contributed by atoms with van der Waals surface area (Å²) in [5, 5.41) is 0. The average molecular weight is 571 g/mol. The second-order valence-electron chi connectivity index (χ2n) is 15.4. The topological polar surface area (TPSA) is 61.8 Å². The Bertz CT molecular complexity index is 1220. The highest BCUT2D eigenvalue weighted by molar-refractivity contribution is 7.86. The zero-order valence-corrected chi connectivity index (χ0v) is 26.0. The van der Waals surface area contributed by atoms with Gasteiger partial charge in [-0.15, -0.1) is 0 Å². The van der Waals surface area contributed by atoms with E-state index in [1.807, 2.05) is 19.1 Å². The summed E-state index contributed by atoms with van der Waals surface area (Å²) in [6, 6.07) is 7.04. The molecular formula is C34H50O5S. The van der Waals surface area contributed by atoms with Crippen LogP contribution in [0.25, 0.3) is 0 Å². The van der Waals surface area contributed by atoms with E-state index in [4.69, 9.17) is 13.7 Å². The molecule has 7 rings (SSSR count). The van der Waals surface area contributed by atoms with Gasteiger partial charge in [0.2, 0.25) is 0 Å². The molecule has 0 aromatic heterocycles. The van der Waals surface area contributed by atoms with Gasteiger partial charge in [0.05, 0.1) is 23.7 Å². The van der Waals surface area contributed by atoms with Gasteiger partial charge in [-0.2, -0.15) is 8.42 Å². The van der Waals surface area contributed by atoms with Crippen LogP contribution in [0, 0.1) is 59.2 Å². The van der Waals surface area contributed by atoms with Gasteiger partial charge in [0.25, 0.3) is 10.1 Å². The van der Waals surface area contributed by atoms with Crippen molar-refractivity contribution in [1.29, 1.82) is 0 Å². The van der Waals surface area contributed by atoms with E-state index in [2.05, 4.69) is 27.7 Å². The minimum absolute atomic E-state index is 0.204. The number of fused-ring (bicyclic) bond motifs is 7. The average Bonchev–Trinajstić information content (AvgIpc) is 3.36. The third-order valence-electron chi connectivity index (χ3n) is 13.5. The normalized spacial score (nSPS) is 50.2. The molecule has 12 atom stereocenters. The van der Waals surface area contributed by atoms with E-state index in [0.717, 1.165) is 55.6 Å². The third-order valence-corrected chi connectivity index (χ3v) is 14.8. The number of aryl methyl sites for hydroxylation is 1. The van der Waals surface area contributed by atoms with Gasteiger partial charge in [-0.25, -0.2) is 0 Å². The first kappa shape index (κ1) is 27.9. The summed E-state index contributed by atoms with van der Waals surface area (Å²) in [7, 11) is -3.73. The maximum Gasteiger partial charge on any atom is 0.297 e. The van der Waals surface area contributed by atoms with Crippen molar-refractivity contribution < 1.29 is 22.1 Å². The summed E-state index contributed by atoms with van der Waals surface area (Å²) in [6.07, 6.45) is 11.5. The van der Waals surface area contributed by atoms with E-state index in [9.17, 15) is 8.42 Å². The summed E-state index contributed by atoms with van der Waals surface area (Å²) < 4.78 is 45.4. The molecule has 1 aromatic rings. The number of ether oxygens (including phenoxy) is 2. The van der Waals surface area contributed by atoms with E-state index in [1.54, 1.807) is 12.1 Å². The SMILES string of the molecule is Cc1ccc(S(=O)(=O)O[C@@H]2CC[C@@]3(C)[C@H](CC[C@H]4[C@H]5C[C@@H]6O[C@]7(CC[C@H](C)CO7)[C@H](C)[C@H]6[C@@]5(C)CC[C@@H]43)C2)cc1. The fourth-order valence-electron chi connectivity index (χ4n) is 11.3. The summed E-state index contributed by atoms with van der Waals surface area (Å²) in [6.45, 7) is 12.7. The quantitative estimate of drug-likeness (QED) is 0.352. The van der Waals surface area contributed by atoms with E-state index >= 15 is 0 Å². The Labute approximate surface area is 242 Å². The van der Waals surface area contributed by atoms with Crippen molar-refractivity contribution in [2.24, 2.45) is 52.3 Å². The number of benzene rings is 1. The van der Waals surface area contributed by atoms with Gasteiger partial charge in [-0.3, -0.25) is 4.18 Å². The smallest absolute Gasteiger partial charge is 0.297 e. The second kappa shape index (κ2) is 9.53. The molecule has 0 bridgehead atoms. The molecule has 5 nitrogen and oxygen atoms in total. The van der Waals surface area contributed by atoms with Crippen molar-refractivity contribution in [3.8, 4) is 0 Å². The molecule has 6 fully saturated rings. The Morgan fingerprint density at radius 1 is 0.875 bits per heavy atom. The fraction of sp³-hybridized carbons (Fsp3) is 0.824. The first-order chi connectivity index (χ1) is 19.0. The summed E-state index contributed by atoms with van der Waals surface area (Å²) in [5.41, 5.74) is 1.68. The minimum atomic E-state index is -3.73. The maximum atomic E-state index is 13.0. The molecule has 0 amide bonds. The highest BCUT2D eigenvalue weighted by Gasteiger charge is 2.69. The second-order valence-corrected chi connectivity index (χ2v) is 17.0. The molecule has 0 radical (unpaired) electrons. The van der Waals surface area contributed by atoms with Crippen molar-refractivity contribution >= 4 is 10.1 Å². The molecule has 6 heteroatoms. The largest absolute Gasteiger partial charge is 0.349 e. The Balaban J connectivity index is 1.05. The van der Waals surface area contributed by atoms with E-state index in [1.165, 1.54) is 38.5 Å². The van der Waals surface area contributed by atoms with Crippen LogP contribution in [0.3, 0.4) is 0 Å². The fourth-order valence-corrected chi connectivity index (χ4v) is 12.4. The zero-order chi connectivity index (χ0) is 28.1. The summed E-state index contributed by atoms with van der Waals surface area (Å²) in [4.78, 5) is 0.278. The minimum Gasteiger partial charge on any atom is -0.349 e. The van der Waals surface area contributed by atoms with Crippen LogP contribution in [0.5, 0.6) is 0 Å². The van der Waals surface area contributed by atoms with Gasteiger partial charge < -0.3 is 9.47 Å². The molecule has 2 aliphatic heterocycles. The molecule has 0 N–H and O–H groups in total. The molecular weight excluding hydrogens is 520 g/mol. The first-order valence-corrected chi connectivity index (χ1v) is 17.7. The monoisotopic (exact) mass is 570 g/mol. The van der Waals surface area contributed by atoms with Crippen LogP contribution in [0.15, 0.2) is 29.2 Å². The molecule has 1 aromatic carbocycles. The van der Waals surface area contributed by atoms with E-state index < -0.39 is 10.1 Å². The third kappa shape index (κ3) is 4.12. The maximum absolute atomic E-state index is 13.0. The first-order valence-electron chi connectivity index (χ1n) is 16.3. The summed E-state index contributed by atoms with van der Waals surface area (Å²) in [5.74, 6) is 4.14. The van der Waals surface area contributed by atoms with Crippen molar-refractivity contribution in [2.75, 3.05) is 6.61 Å². The molecule has 2 heterocycles. The predicted octanol–water partition coefficient (Wildman–Crippen LogP) is 7.52. The number of hydrogen-bond acceptors (Lipinski definition) is 5. The molecule has 4 saturated carbocycles. The molecule has 1 spiro atoms. The highest BCUT2D eigenvalue weighted by atomic mass is 32.2. The van der Waals surface area contributed by atoms with Crippen molar-refractivity contribution in [3.63, 3.8) is 0 Å². The Morgan fingerprint density at radius 3 is 2.35 bits per heavy atom. The Kier molecular flexibility index (Phi) is 6.63. The van der Waals surface area contributed by atoms with Crippen LogP contribution < -0.4 is 0 Å². The van der Waals surface area contributed by atoms with Gasteiger partial charge in [-0.05, 0) is 123 Å². The number of rotatable bonds is 3. The number of hydrogen-bond donors (Lipinski definition) is 0. The van der Waals surface area contributed by atoms with Crippen LogP contribution in [0.1, 0.15) is 97.5 Å². The lowest BCUT2D eigenvalue weighted by Gasteiger charge is -2.61. The van der Waals surface area contributed by atoms with E-state index in [0.29, 0.717) is 35.2 Å². The zero-order valence-electron chi connectivity index (χ0n) is 25.2. The van der Waals surface area contributed by atoms with Gasteiger partial charge in [-0.1, -0.05) is 45.4 Å². The van der Waals surface area contributed by atoms with Crippen LogP contribution in [0.4, 0.5) is 0 Å². The van der Waals surface area contributed by atoms with E-state index in [-0.39, 0.29) is 22.2 Å². The van der Waals surface area contributed by atoms with Crippen LogP contribution in [-0.4, -0.2) is 33.0 Å². The van der Waals surface area contributed by atoms with Crippen LogP contribution in [-0.2, 0) is 23.8 Å². The highest BCUT2D eigenvalue weighted by Crippen LogP contribution is 2.71. The Morgan fingerprint density at radius 2 is 1.62 bits per heavy atom. The van der Waals surface area contributed by atoms with Gasteiger partial charge in [0, 0.05) is 12.3 Å². The van der Waals surface area contributed by atoms with Gasteiger partial charge >= 0.3 is 0 Å². The standard InChI is InChI=1S/C34H50O5S/c1-21-6-9-26(10-7-21)40(35,36)39-25-13-15-32(4)24(18-25)8-11-27-28(32)14-16-33(5)29(27)19-30-31(33)23(3)34(38-30)17-12-22(2)20-37-34/h6-7,9-10,22-25,27-31H,8,11-20H2,1-5H3/t22-,23+,24+,25+,27+,28-,29+,30-,31+,32-,33-,34+/m0/s1. The van der Waals surface area contributed by atoms with Gasteiger partial charge in [0.1, 0.15) is 0 Å². The van der Waals surface area contributed by atoms with Gasteiger partial charge in [0.15, 0.2) is 5.79 Å². The lowest BCUT2D eigenvalue weighted by atomic mass is 9.44. The van der Waals surface area contributed by atoms with Crippen LogP contribution >= 0.6 is 0 Å². The van der Waals surface area contributed by atoms with Crippen molar-refractivity contribution in [3.05, 3.63) is 29.8 Å². The Hall–Kier alpha value is -0.950. The predicted molar refractivity (Wildman–Crippen MR) is 155 cm³/mol. The lowest BCUT2D eigenvalue weighted by molar-refractivity contribution is -0.273. The molecule has 6 aliphatic rings. The molecule has 2 saturated heterocycles. The van der Waals surface area contributed by atoms with Crippen LogP contribution in [0.2, 0.25) is 0 Å². The van der Waals surface area contributed by atoms with Crippen molar-refractivity contribution in [2.45, 2.75) is 122 Å². The summed E-state index contributed by atoms with van der Waals surface area (Å²) >= 11 is 0. The molecule has 4 aliphatic carbocycles. The van der Waals surface area contributed by atoms with Crippen molar-refractivity contribution in [1.82, 2.24) is 0 Å².